The summed E-state index contributed by atoms with van der Waals surface area (Å²) in [6, 6.07) is 7.26. The highest BCUT2D eigenvalue weighted by molar-refractivity contribution is 5.94. The van der Waals surface area contributed by atoms with Gasteiger partial charge in [-0.2, -0.15) is 0 Å². The number of aromatic nitrogens is 4. The number of amides is 1. The molecule has 1 atom stereocenters. The number of tetrazole rings is 1. The molecule has 0 bridgehead atoms. The molecule has 122 valence electrons. The number of hydrogen-bond donors (Lipinski definition) is 1. The molecule has 2 heterocycles. The molecule has 1 saturated heterocycles. The third-order valence-electron chi connectivity index (χ3n) is 3.76. The van der Waals surface area contributed by atoms with Crippen LogP contribution in [0.1, 0.15) is 17.3 Å². The molecule has 0 spiro atoms. The lowest BCUT2D eigenvalue weighted by Crippen LogP contribution is -2.46. The van der Waals surface area contributed by atoms with Gasteiger partial charge >= 0.3 is 0 Å². The quantitative estimate of drug-likeness (QED) is 0.843. The lowest BCUT2D eigenvalue weighted by molar-refractivity contribution is 0.0342. The number of carbonyl (C=O) groups excluding carboxylic acids is 1. The molecule has 1 amide bonds. The molecule has 1 N–H and O–H groups in total. The van der Waals surface area contributed by atoms with E-state index in [0.717, 1.165) is 38.5 Å². The predicted molar refractivity (Wildman–Crippen MR) is 83.3 cm³/mol. The topological polar surface area (TPSA) is 85.2 Å². The molecular weight excluding hydrogens is 296 g/mol. The van der Waals surface area contributed by atoms with Gasteiger partial charge in [0.1, 0.15) is 6.33 Å². The second-order valence-electron chi connectivity index (χ2n) is 5.59. The largest absolute Gasteiger partial charge is 0.379 e. The van der Waals surface area contributed by atoms with Gasteiger partial charge in [0.15, 0.2) is 0 Å². The molecule has 1 aromatic carbocycles. The molecule has 1 fully saturated rings. The lowest BCUT2D eigenvalue weighted by atomic mass is 10.1. The minimum absolute atomic E-state index is 0.0750. The van der Waals surface area contributed by atoms with Gasteiger partial charge in [0.05, 0.1) is 18.9 Å². The van der Waals surface area contributed by atoms with Crippen molar-refractivity contribution in [3.8, 4) is 5.69 Å². The first-order valence-corrected chi connectivity index (χ1v) is 7.67. The van der Waals surface area contributed by atoms with Crippen molar-refractivity contribution in [2.75, 3.05) is 32.8 Å². The van der Waals surface area contributed by atoms with Crippen LogP contribution in [-0.4, -0.2) is 69.9 Å². The van der Waals surface area contributed by atoms with E-state index in [1.54, 1.807) is 16.8 Å². The number of hydrogen-bond acceptors (Lipinski definition) is 6. The van der Waals surface area contributed by atoms with Gasteiger partial charge in [-0.3, -0.25) is 9.69 Å². The van der Waals surface area contributed by atoms with Crippen LogP contribution < -0.4 is 5.32 Å². The van der Waals surface area contributed by atoms with Gasteiger partial charge in [0, 0.05) is 31.2 Å². The lowest BCUT2D eigenvalue weighted by Gasteiger charge is -2.29. The van der Waals surface area contributed by atoms with E-state index in [0.29, 0.717) is 5.56 Å². The Balaban J connectivity index is 1.55. The Bertz CT molecular complexity index is 622. The molecule has 8 heteroatoms. The van der Waals surface area contributed by atoms with Crippen LogP contribution >= 0.6 is 0 Å². The van der Waals surface area contributed by atoms with Crippen molar-refractivity contribution in [1.82, 2.24) is 30.4 Å². The highest BCUT2D eigenvalue weighted by atomic mass is 16.5. The number of morpholine rings is 1. The Morgan fingerprint density at radius 1 is 1.30 bits per heavy atom. The molecule has 1 aliphatic heterocycles. The third kappa shape index (κ3) is 4.11. The summed E-state index contributed by atoms with van der Waals surface area (Å²) in [6.45, 7) is 6.21. The first-order valence-electron chi connectivity index (χ1n) is 7.67. The van der Waals surface area contributed by atoms with Gasteiger partial charge in [-0.05, 0) is 41.6 Å². The van der Waals surface area contributed by atoms with E-state index >= 15 is 0 Å². The fraction of sp³-hybridized carbons (Fsp3) is 0.467. The average molecular weight is 316 g/mol. The van der Waals surface area contributed by atoms with Crippen LogP contribution in [0.4, 0.5) is 0 Å². The van der Waals surface area contributed by atoms with E-state index in [1.165, 1.54) is 6.33 Å². The molecule has 8 nitrogen and oxygen atoms in total. The smallest absolute Gasteiger partial charge is 0.251 e. The van der Waals surface area contributed by atoms with Crippen molar-refractivity contribution in [3.05, 3.63) is 36.2 Å². The van der Waals surface area contributed by atoms with Crippen LogP contribution in [0.3, 0.4) is 0 Å². The highest BCUT2D eigenvalue weighted by Gasteiger charge is 2.16. The van der Waals surface area contributed by atoms with Crippen molar-refractivity contribution in [2.24, 2.45) is 0 Å². The Kier molecular flexibility index (Phi) is 4.94. The summed E-state index contributed by atoms with van der Waals surface area (Å²) in [5.41, 5.74) is 1.43. The number of ether oxygens (including phenoxy) is 1. The molecule has 1 aliphatic rings. The maximum absolute atomic E-state index is 12.3. The van der Waals surface area contributed by atoms with Gasteiger partial charge in [-0.1, -0.05) is 0 Å². The monoisotopic (exact) mass is 316 g/mol. The first-order chi connectivity index (χ1) is 11.2. The minimum atomic E-state index is -0.0750. The number of nitrogens with zero attached hydrogens (tertiary/aromatic N) is 5. The van der Waals surface area contributed by atoms with E-state index in [1.807, 2.05) is 19.1 Å². The van der Waals surface area contributed by atoms with Crippen molar-refractivity contribution in [3.63, 3.8) is 0 Å². The van der Waals surface area contributed by atoms with Gasteiger partial charge in [0.2, 0.25) is 0 Å². The van der Waals surface area contributed by atoms with E-state index in [9.17, 15) is 4.79 Å². The molecule has 1 unspecified atom stereocenters. The summed E-state index contributed by atoms with van der Waals surface area (Å²) in [6.07, 6.45) is 1.51. The van der Waals surface area contributed by atoms with Gasteiger partial charge in [-0.15, -0.1) is 5.10 Å². The van der Waals surface area contributed by atoms with E-state index in [4.69, 9.17) is 4.74 Å². The van der Waals surface area contributed by atoms with E-state index < -0.39 is 0 Å². The van der Waals surface area contributed by atoms with Crippen LogP contribution in [0.25, 0.3) is 5.69 Å². The SMILES string of the molecule is CC(CN1CCOCC1)NC(=O)c1ccc(-n2cnnn2)cc1. The first kappa shape index (κ1) is 15.6. The molecule has 3 rings (SSSR count). The average Bonchev–Trinajstić information content (AvgIpc) is 3.10. The van der Waals surface area contributed by atoms with Crippen molar-refractivity contribution >= 4 is 5.91 Å². The van der Waals surface area contributed by atoms with Crippen LogP contribution in [0, 0.1) is 0 Å². The number of carbonyl (C=O) groups is 1. The zero-order valence-corrected chi connectivity index (χ0v) is 13.1. The van der Waals surface area contributed by atoms with Crippen molar-refractivity contribution in [2.45, 2.75) is 13.0 Å². The summed E-state index contributed by atoms with van der Waals surface area (Å²) in [7, 11) is 0. The van der Waals surface area contributed by atoms with E-state index in [-0.39, 0.29) is 11.9 Å². The second-order valence-corrected chi connectivity index (χ2v) is 5.59. The number of nitrogens with one attached hydrogen (secondary N) is 1. The van der Waals surface area contributed by atoms with Gasteiger partial charge in [0.25, 0.3) is 5.91 Å². The zero-order chi connectivity index (χ0) is 16.1. The summed E-state index contributed by atoms with van der Waals surface area (Å²) >= 11 is 0. The normalized spacial score (nSPS) is 16.9. The predicted octanol–water partition coefficient (Wildman–Crippen LogP) is 0.113. The van der Waals surface area contributed by atoms with Crippen molar-refractivity contribution in [1.29, 1.82) is 0 Å². The second kappa shape index (κ2) is 7.30. The summed E-state index contributed by atoms with van der Waals surface area (Å²) in [5, 5.41) is 14.0. The van der Waals surface area contributed by atoms with Crippen LogP contribution in [0.5, 0.6) is 0 Å². The highest BCUT2D eigenvalue weighted by Crippen LogP contribution is 2.08. The number of benzene rings is 1. The summed E-state index contributed by atoms with van der Waals surface area (Å²) < 4.78 is 6.87. The summed E-state index contributed by atoms with van der Waals surface area (Å²) in [5.74, 6) is -0.0750. The Labute approximate surface area is 134 Å². The van der Waals surface area contributed by atoms with Crippen LogP contribution in [-0.2, 0) is 4.74 Å². The molecule has 0 aliphatic carbocycles. The summed E-state index contributed by atoms with van der Waals surface area (Å²) in [4.78, 5) is 14.6. The maximum atomic E-state index is 12.3. The van der Waals surface area contributed by atoms with Crippen LogP contribution in [0.15, 0.2) is 30.6 Å². The van der Waals surface area contributed by atoms with E-state index in [2.05, 4.69) is 25.7 Å². The minimum Gasteiger partial charge on any atom is -0.379 e. The Morgan fingerprint density at radius 2 is 2.04 bits per heavy atom. The molecule has 1 aromatic heterocycles. The fourth-order valence-electron chi connectivity index (χ4n) is 2.57. The molecular formula is C15H20N6O2. The fourth-order valence-corrected chi connectivity index (χ4v) is 2.57. The molecule has 23 heavy (non-hydrogen) atoms. The van der Waals surface area contributed by atoms with Gasteiger partial charge < -0.3 is 10.1 Å². The standard InChI is InChI=1S/C15H20N6O2/c1-12(10-20-6-8-23-9-7-20)17-15(22)13-2-4-14(5-3-13)21-11-16-18-19-21/h2-5,11-12H,6-10H2,1H3,(H,17,22). The Morgan fingerprint density at radius 3 is 2.70 bits per heavy atom. The third-order valence-corrected chi connectivity index (χ3v) is 3.76. The Hall–Kier alpha value is -2.32. The molecule has 2 aromatic rings. The zero-order valence-electron chi connectivity index (χ0n) is 13.1. The molecule has 0 saturated carbocycles. The molecule has 0 radical (unpaired) electrons. The van der Waals surface area contributed by atoms with Gasteiger partial charge in [-0.25, -0.2) is 4.68 Å². The van der Waals surface area contributed by atoms with Crippen molar-refractivity contribution < 1.29 is 9.53 Å². The number of rotatable bonds is 5. The maximum Gasteiger partial charge on any atom is 0.251 e. The van der Waals surface area contributed by atoms with Crippen LogP contribution in [0.2, 0.25) is 0 Å².